The van der Waals surface area contributed by atoms with E-state index < -0.39 is 0 Å². The lowest BCUT2D eigenvalue weighted by Crippen LogP contribution is -2.28. The van der Waals surface area contributed by atoms with Gasteiger partial charge >= 0.3 is 0 Å². The minimum atomic E-state index is 0.583. The molecule has 0 atom stereocenters. The fourth-order valence-corrected chi connectivity index (χ4v) is 1.51. The lowest BCUT2D eigenvalue weighted by molar-refractivity contribution is 0.163. The monoisotopic (exact) mass is 248 g/mol. The molecule has 0 aromatic carbocycles. The molecule has 0 radical (unpaired) electrons. The summed E-state index contributed by atoms with van der Waals surface area (Å²) in [6.45, 7) is 5.17. The van der Waals surface area contributed by atoms with Gasteiger partial charge in [-0.3, -0.25) is 0 Å². The average Bonchev–Trinajstić information content (AvgIpc) is 2.36. The predicted octanol–water partition coefficient (Wildman–Crippen LogP) is 1.25. The minimum Gasteiger partial charge on any atom is -0.383 e. The Morgan fingerprint density at radius 3 is 2.89 bits per heavy atom. The second kappa shape index (κ2) is 7.64. The molecule has 1 aromatic heterocycles. The third-order valence-electron chi connectivity index (χ3n) is 2.62. The summed E-state index contributed by atoms with van der Waals surface area (Å²) in [5.41, 5.74) is 1.49. The summed E-state index contributed by atoms with van der Waals surface area (Å²) < 4.78 is 5.01. The Bertz CT molecular complexity index is 414. The Balaban J connectivity index is 2.44. The summed E-state index contributed by atoms with van der Waals surface area (Å²) in [5, 5.41) is 12.2. The number of nitrogens with one attached hydrogen (secondary N) is 1. The van der Waals surface area contributed by atoms with Crippen LogP contribution in [0.1, 0.15) is 11.3 Å². The van der Waals surface area contributed by atoms with Crippen LogP contribution in [0.4, 0.5) is 5.82 Å². The van der Waals surface area contributed by atoms with E-state index in [1.165, 1.54) is 0 Å². The van der Waals surface area contributed by atoms with Crippen molar-refractivity contribution in [3.63, 3.8) is 0 Å². The highest BCUT2D eigenvalue weighted by atomic mass is 16.5. The van der Waals surface area contributed by atoms with E-state index in [9.17, 15) is 0 Å². The van der Waals surface area contributed by atoms with Gasteiger partial charge < -0.3 is 15.0 Å². The van der Waals surface area contributed by atoms with Crippen molar-refractivity contribution in [2.75, 3.05) is 45.7 Å². The first-order chi connectivity index (χ1) is 8.67. The zero-order valence-electron chi connectivity index (χ0n) is 11.2. The zero-order valence-corrected chi connectivity index (χ0v) is 11.2. The maximum absolute atomic E-state index is 8.98. The van der Waals surface area contributed by atoms with E-state index in [0.29, 0.717) is 11.4 Å². The summed E-state index contributed by atoms with van der Waals surface area (Å²) >= 11 is 0. The van der Waals surface area contributed by atoms with Crippen LogP contribution >= 0.6 is 0 Å². The van der Waals surface area contributed by atoms with Crippen molar-refractivity contribution in [3.05, 3.63) is 23.4 Å². The van der Waals surface area contributed by atoms with E-state index in [2.05, 4.69) is 21.3 Å². The highest BCUT2D eigenvalue weighted by Gasteiger charge is 2.04. The summed E-state index contributed by atoms with van der Waals surface area (Å²) in [6, 6.07) is 5.77. The minimum absolute atomic E-state index is 0.583. The Morgan fingerprint density at radius 1 is 1.44 bits per heavy atom. The molecule has 0 aliphatic rings. The molecule has 0 aliphatic heterocycles. The number of methoxy groups -OCH3 is 1. The summed E-state index contributed by atoms with van der Waals surface area (Å²) in [6.07, 6.45) is 0. The second-order valence-corrected chi connectivity index (χ2v) is 4.18. The fraction of sp³-hybridized carbons (Fsp3) is 0.538. The third-order valence-corrected chi connectivity index (χ3v) is 2.62. The number of anilines is 1. The molecule has 0 spiro atoms. The molecule has 5 nitrogen and oxygen atoms in total. The molecule has 1 rings (SSSR count). The quantitative estimate of drug-likeness (QED) is 0.787. The largest absolute Gasteiger partial charge is 0.383 e. The van der Waals surface area contributed by atoms with Crippen LogP contribution in [-0.2, 0) is 4.74 Å². The normalized spacial score (nSPS) is 10.4. The number of aromatic nitrogens is 1. The Labute approximate surface area is 108 Å². The van der Waals surface area contributed by atoms with Gasteiger partial charge in [-0.25, -0.2) is 4.98 Å². The molecule has 5 heteroatoms. The number of rotatable bonds is 7. The van der Waals surface area contributed by atoms with Crippen molar-refractivity contribution in [1.82, 2.24) is 9.88 Å². The van der Waals surface area contributed by atoms with Crippen LogP contribution in [0.15, 0.2) is 12.1 Å². The first-order valence-electron chi connectivity index (χ1n) is 5.96. The van der Waals surface area contributed by atoms with E-state index in [4.69, 9.17) is 10.00 Å². The summed E-state index contributed by atoms with van der Waals surface area (Å²) in [4.78, 5) is 6.49. The molecule has 0 bridgehead atoms. The van der Waals surface area contributed by atoms with Crippen LogP contribution in [-0.4, -0.2) is 50.3 Å². The smallest absolute Gasteiger partial charge is 0.144 e. The molecule has 1 aromatic rings. The van der Waals surface area contributed by atoms with E-state index >= 15 is 0 Å². The first kappa shape index (κ1) is 14.4. The van der Waals surface area contributed by atoms with Gasteiger partial charge in [-0.15, -0.1) is 0 Å². The van der Waals surface area contributed by atoms with Crippen molar-refractivity contribution in [2.45, 2.75) is 6.92 Å². The van der Waals surface area contributed by atoms with E-state index in [1.54, 1.807) is 13.2 Å². The molecule has 0 saturated carbocycles. The molecule has 18 heavy (non-hydrogen) atoms. The van der Waals surface area contributed by atoms with E-state index in [-0.39, 0.29) is 0 Å². The Hall–Kier alpha value is -1.64. The SMILES string of the molecule is COCCN(C)CCNc1nc(C)ccc1C#N. The van der Waals surface area contributed by atoms with E-state index in [0.717, 1.165) is 31.9 Å². The molecule has 0 fully saturated rings. The molecule has 1 N–H and O–H groups in total. The third kappa shape index (κ3) is 4.70. The van der Waals surface area contributed by atoms with Crippen LogP contribution in [0.3, 0.4) is 0 Å². The van der Waals surface area contributed by atoms with Gasteiger partial charge in [0.05, 0.1) is 12.2 Å². The molecule has 1 heterocycles. The van der Waals surface area contributed by atoms with Gasteiger partial charge in [-0.05, 0) is 26.1 Å². The lowest BCUT2D eigenvalue weighted by Gasteiger charge is -2.16. The van der Waals surface area contributed by atoms with Crippen molar-refractivity contribution < 1.29 is 4.74 Å². The number of hydrogen-bond acceptors (Lipinski definition) is 5. The zero-order chi connectivity index (χ0) is 13.4. The van der Waals surface area contributed by atoms with E-state index in [1.807, 2.05) is 20.0 Å². The molecule has 0 saturated heterocycles. The molecule has 98 valence electrons. The molecule has 0 aliphatic carbocycles. The van der Waals surface area contributed by atoms with Crippen molar-refractivity contribution >= 4 is 5.82 Å². The number of ether oxygens (including phenoxy) is 1. The molecule has 0 unspecified atom stereocenters. The fourth-order valence-electron chi connectivity index (χ4n) is 1.51. The molecular formula is C13H20N4O. The van der Waals surface area contributed by atoms with Gasteiger partial charge in [0.15, 0.2) is 0 Å². The van der Waals surface area contributed by atoms with Gasteiger partial charge in [0.25, 0.3) is 0 Å². The average molecular weight is 248 g/mol. The summed E-state index contributed by atoms with van der Waals surface area (Å²) in [5.74, 6) is 0.664. The Kier molecular flexibility index (Phi) is 6.12. The maximum atomic E-state index is 8.98. The number of nitrogens with zero attached hydrogens (tertiary/aromatic N) is 3. The second-order valence-electron chi connectivity index (χ2n) is 4.18. The molecule has 0 amide bonds. The highest BCUT2D eigenvalue weighted by Crippen LogP contribution is 2.11. The Morgan fingerprint density at radius 2 is 2.22 bits per heavy atom. The van der Waals surface area contributed by atoms with Crippen LogP contribution in [0, 0.1) is 18.3 Å². The van der Waals surface area contributed by atoms with Gasteiger partial charge in [-0.2, -0.15) is 5.26 Å². The van der Waals surface area contributed by atoms with Crippen LogP contribution in [0.2, 0.25) is 0 Å². The number of pyridine rings is 1. The number of likely N-dealkylation sites (N-methyl/N-ethyl adjacent to an activating group) is 1. The lowest BCUT2D eigenvalue weighted by atomic mass is 10.2. The summed E-state index contributed by atoms with van der Waals surface area (Å²) in [7, 11) is 3.73. The van der Waals surface area contributed by atoms with Gasteiger partial charge in [0, 0.05) is 32.4 Å². The molecular weight excluding hydrogens is 228 g/mol. The van der Waals surface area contributed by atoms with Gasteiger partial charge in [-0.1, -0.05) is 0 Å². The van der Waals surface area contributed by atoms with Crippen molar-refractivity contribution in [2.24, 2.45) is 0 Å². The van der Waals surface area contributed by atoms with Crippen molar-refractivity contribution in [1.29, 1.82) is 5.26 Å². The standard InChI is InChI=1S/C13H20N4O/c1-11-4-5-12(10-14)13(16-11)15-6-7-17(2)8-9-18-3/h4-5H,6-9H2,1-3H3,(H,15,16). The van der Waals surface area contributed by atoms with Gasteiger partial charge in [0.1, 0.15) is 11.9 Å². The number of nitriles is 1. The van der Waals surface area contributed by atoms with Crippen molar-refractivity contribution in [3.8, 4) is 6.07 Å². The first-order valence-corrected chi connectivity index (χ1v) is 5.96. The van der Waals surface area contributed by atoms with Crippen LogP contribution in [0.5, 0.6) is 0 Å². The number of hydrogen-bond donors (Lipinski definition) is 1. The maximum Gasteiger partial charge on any atom is 0.144 e. The topological polar surface area (TPSA) is 61.2 Å². The number of aryl methyl sites for hydroxylation is 1. The predicted molar refractivity (Wildman–Crippen MR) is 71.6 cm³/mol. The van der Waals surface area contributed by atoms with Crippen LogP contribution in [0.25, 0.3) is 0 Å². The highest BCUT2D eigenvalue weighted by molar-refractivity contribution is 5.52. The van der Waals surface area contributed by atoms with Gasteiger partial charge in [0.2, 0.25) is 0 Å². The van der Waals surface area contributed by atoms with Crippen LogP contribution < -0.4 is 5.32 Å².